The smallest absolute Gasteiger partial charge is 0.0767 e. The lowest BCUT2D eigenvalue weighted by molar-refractivity contribution is 0.0710. The van der Waals surface area contributed by atoms with Crippen molar-refractivity contribution in [1.82, 2.24) is 0 Å². The summed E-state index contributed by atoms with van der Waals surface area (Å²) in [6.07, 6.45) is 1.73. The number of hydrogen-bond donors (Lipinski definition) is 1. The van der Waals surface area contributed by atoms with E-state index in [0.717, 1.165) is 19.4 Å². The summed E-state index contributed by atoms with van der Waals surface area (Å²) in [7, 11) is 0. The number of anilines is 1. The molecule has 1 heterocycles. The number of hydrogen-bond acceptors (Lipinski definition) is 2. The Labute approximate surface area is 117 Å². The Morgan fingerprint density at radius 3 is 2.63 bits per heavy atom. The minimum atomic E-state index is -0.249. The first kappa shape index (κ1) is 14.4. The average molecular weight is 261 g/mol. The molecule has 1 fully saturated rings. The van der Waals surface area contributed by atoms with Gasteiger partial charge in [-0.2, -0.15) is 0 Å². The summed E-state index contributed by atoms with van der Waals surface area (Å²) in [6, 6.07) is 6.55. The summed E-state index contributed by atoms with van der Waals surface area (Å²) in [5.74, 6) is 0.504. The van der Waals surface area contributed by atoms with Gasteiger partial charge in [-0.3, -0.25) is 0 Å². The van der Waals surface area contributed by atoms with Crippen LogP contribution in [0, 0.1) is 6.92 Å². The van der Waals surface area contributed by atoms with E-state index < -0.39 is 0 Å². The summed E-state index contributed by atoms with van der Waals surface area (Å²) >= 11 is 0. The fourth-order valence-electron chi connectivity index (χ4n) is 3.18. The molecule has 0 aromatic heterocycles. The van der Waals surface area contributed by atoms with Crippen LogP contribution in [-0.2, 0) is 0 Å². The average Bonchev–Trinajstić information content (AvgIpc) is 2.33. The van der Waals surface area contributed by atoms with Gasteiger partial charge in [0.05, 0.1) is 11.6 Å². The van der Waals surface area contributed by atoms with Crippen LogP contribution >= 0.6 is 0 Å². The second-order valence-electron chi connectivity index (χ2n) is 6.63. The zero-order valence-corrected chi connectivity index (χ0v) is 12.9. The molecule has 1 aromatic carbocycles. The number of nitrogens with zero attached hydrogens (tertiary/aromatic N) is 1. The number of para-hydroxylation sites is 1. The van der Waals surface area contributed by atoms with Crippen LogP contribution in [0.25, 0.3) is 0 Å². The van der Waals surface area contributed by atoms with E-state index in [0.29, 0.717) is 5.92 Å². The third-order valence-electron chi connectivity index (χ3n) is 4.53. The van der Waals surface area contributed by atoms with Crippen molar-refractivity contribution in [2.75, 3.05) is 11.4 Å². The molecule has 0 radical (unpaired) electrons. The Kier molecular flexibility index (Phi) is 3.91. The van der Waals surface area contributed by atoms with E-state index in [1.54, 1.807) is 0 Å². The van der Waals surface area contributed by atoms with Gasteiger partial charge in [0.15, 0.2) is 0 Å². The molecule has 2 rings (SSSR count). The Balaban J connectivity index is 2.51. The molecule has 0 bridgehead atoms. The normalized spacial score (nSPS) is 22.9. The molecule has 0 spiro atoms. The Bertz CT molecular complexity index is 451. The largest absolute Gasteiger partial charge is 0.391 e. The number of rotatable bonds is 2. The van der Waals surface area contributed by atoms with Gasteiger partial charge >= 0.3 is 0 Å². The minimum Gasteiger partial charge on any atom is -0.391 e. The lowest BCUT2D eigenvalue weighted by atomic mass is 9.84. The third-order valence-corrected chi connectivity index (χ3v) is 4.53. The van der Waals surface area contributed by atoms with Gasteiger partial charge in [-0.05, 0) is 50.7 Å². The van der Waals surface area contributed by atoms with Crippen molar-refractivity contribution in [1.29, 1.82) is 0 Å². The molecular weight excluding hydrogens is 234 g/mol. The van der Waals surface area contributed by atoms with Gasteiger partial charge in [-0.1, -0.05) is 32.0 Å². The highest BCUT2D eigenvalue weighted by Crippen LogP contribution is 2.39. The van der Waals surface area contributed by atoms with Crippen LogP contribution in [0.2, 0.25) is 0 Å². The van der Waals surface area contributed by atoms with Crippen molar-refractivity contribution in [2.45, 2.75) is 65.0 Å². The van der Waals surface area contributed by atoms with Gasteiger partial charge in [0.1, 0.15) is 0 Å². The molecule has 0 saturated carbocycles. The highest BCUT2D eigenvalue weighted by atomic mass is 16.3. The maximum absolute atomic E-state index is 10.3. The van der Waals surface area contributed by atoms with Crippen LogP contribution in [-0.4, -0.2) is 23.3 Å². The molecule has 1 unspecified atom stereocenters. The number of piperidine rings is 1. The van der Waals surface area contributed by atoms with Crippen molar-refractivity contribution in [3.63, 3.8) is 0 Å². The number of benzene rings is 1. The molecule has 1 aromatic rings. The van der Waals surface area contributed by atoms with Crippen molar-refractivity contribution < 1.29 is 5.11 Å². The fourth-order valence-corrected chi connectivity index (χ4v) is 3.18. The molecule has 0 amide bonds. The second kappa shape index (κ2) is 5.16. The first-order chi connectivity index (χ1) is 8.85. The van der Waals surface area contributed by atoms with Crippen LogP contribution in [0.3, 0.4) is 0 Å². The van der Waals surface area contributed by atoms with Crippen LogP contribution in [0.5, 0.6) is 0 Å². The Hall–Kier alpha value is -1.02. The first-order valence-corrected chi connectivity index (χ1v) is 7.41. The molecule has 19 heavy (non-hydrogen) atoms. The summed E-state index contributed by atoms with van der Waals surface area (Å²) < 4.78 is 0. The van der Waals surface area contributed by atoms with Gasteiger partial charge in [0, 0.05) is 12.2 Å². The predicted molar refractivity (Wildman–Crippen MR) is 81.9 cm³/mol. The summed E-state index contributed by atoms with van der Waals surface area (Å²) in [5.41, 5.74) is 3.85. The van der Waals surface area contributed by atoms with Gasteiger partial charge in [0.25, 0.3) is 0 Å². The zero-order chi connectivity index (χ0) is 14.2. The molecular formula is C17H27NO. The topological polar surface area (TPSA) is 23.5 Å². The van der Waals surface area contributed by atoms with Crippen LogP contribution in [0.1, 0.15) is 57.6 Å². The molecule has 0 aliphatic carbocycles. The van der Waals surface area contributed by atoms with E-state index in [2.05, 4.69) is 57.7 Å². The lowest BCUT2D eigenvalue weighted by Gasteiger charge is -2.48. The third kappa shape index (κ3) is 2.51. The maximum Gasteiger partial charge on any atom is 0.0767 e. The van der Waals surface area contributed by atoms with E-state index in [1.807, 2.05) is 0 Å². The molecule has 1 N–H and O–H groups in total. The summed E-state index contributed by atoms with van der Waals surface area (Å²) in [4.78, 5) is 2.42. The van der Waals surface area contributed by atoms with E-state index in [4.69, 9.17) is 0 Å². The van der Waals surface area contributed by atoms with E-state index >= 15 is 0 Å². The Morgan fingerprint density at radius 1 is 1.32 bits per heavy atom. The van der Waals surface area contributed by atoms with Crippen LogP contribution in [0.4, 0.5) is 5.69 Å². The van der Waals surface area contributed by atoms with Gasteiger partial charge in [-0.15, -0.1) is 0 Å². The molecule has 1 saturated heterocycles. The van der Waals surface area contributed by atoms with Crippen molar-refractivity contribution in [3.8, 4) is 0 Å². The zero-order valence-electron chi connectivity index (χ0n) is 12.9. The maximum atomic E-state index is 10.3. The minimum absolute atomic E-state index is 0.187. The molecule has 1 atom stereocenters. The SMILES string of the molecule is Cc1cccc(C(C)C)c1N1CCCC(O)C1(C)C. The predicted octanol–water partition coefficient (Wildman–Crippen LogP) is 3.86. The molecule has 2 nitrogen and oxygen atoms in total. The van der Waals surface area contributed by atoms with Crippen molar-refractivity contribution in [3.05, 3.63) is 29.3 Å². The molecule has 1 aliphatic heterocycles. The summed E-state index contributed by atoms with van der Waals surface area (Å²) in [5, 5.41) is 10.3. The molecule has 1 aliphatic rings. The van der Waals surface area contributed by atoms with Crippen molar-refractivity contribution >= 4 is 5.69 Å². The molecule has 106 valence electrons. The van der Waals surface area contributed by atoms with Gasteiger partial charge < -0.3 is 10.0 Å². The van der Waals surface area contributed by atoms with Crippen molar-refractivity contribution in [2.24, 2.45) is 0 Å². The monoisotopic (exact) mass is 261 g/mol. The van der Waals surface area contributed by atoms with Gasteiger partial charge in [-0.25, -0.2) is 0 Å². The van der Waals surface area contributed by atoms with E-state index in [1.165, 1.54) is 16.8 Å². The van der Waals surface area contributed by atoms with Crippen LogP contribution in [0.15, 0.2) is 18.2 Å². The fraction of sp³-hybridized carbons (Fsp3) is 0.647. The standard InChI is InChI=1S/C17H27NO/c1-12(2)14-9-6-8-13(3)16(14)18-11-7-10-15(19)17(18,4)5/h6,8-9,12,15,19H,7,10-11H2,1-5H3. The van der Waals surface area contributed by atoms with Gasteiger partial charge in [0.2, 0.25) is 0 Å². The van der Waals surface area contributed by atoms with E-state index in [-0.39, 0.29) is 11.6 Å². The number of aryl methyl sites for hydroxylation is 1. The summed E-state index contributed by atoms with van der Waals surface area (Å²) in [6.45, 7) is 12.0. The number of aliphatic hydroxyl groups excluding tert-OH is 1. The lowest BCUT2D eigenvalue weighted by Crippen LogP contribution is -2.56. The quantitative estimate of drug-likeness (QED) is 0.874. The second-order valence-corrected chi connectivity index (χ2v) is 6.63. The number of aliphatic hydroxyl groups is 1. The highest BCUT2D eigenvalue weighted by Gasteiger charge is 2.38. The van der Waals surface area contributed by atoms with Crippen LogP contribution < -0.4 is 4.90 Å². The first-order valence-electron chi connectivity index (χ1n) is 7.41. The highest BCUT2D eigenvalue weighted by molar-refractivity contribution is 5.62. The Morgan fingerprint density at radius 2 is 2.00 bits per heavy atom. The van der Waals surface area contributed by atoms with E-state index in [9.17, 15) is 5.11 Å². The molecule has 2 heteroatoms.